The van der Waals surface area contributed by atoms with E-state index in [0.717, 1.165) is 18.9 Å². The molecular formula is C12H22N2O. The second-order valence-corrected chi connectivity index (χ2v) is 5.14. The van der Waals surface area contributed by atoms with Gasteiger partial charge < -0.3 is 15.0 Å². The van der Waals surface area contributed by atoms with E-state index in [4.69, 9.17) is 4.74 Å². The molecule has 3 aliphatic heterocycles. The van der Waals surface area contributed by atoms with E-state index in [1.165, 1.54) is 6.42 Å². The maximum Gasteiger partial charge on any atom is 0.0942 e. The van der Waals surface area contributed by atoms with E-state index in [0.29, 0.717) is 24.2 Å². The Morgan fingerprint density at radius 3 is 2.33 bits per heavy atom. The molecule has 0 aromatic rings. The van der Waals surface area contributed by atoms with Gasteiger partial charge in [-0.3, -0.25) is 0 Å². The van der Waals surface area contributed by atoms with Crippen LogP contribution in [0.5, 0.6) is 0 Å². The first-order chi connectivity index (χ1) is 7.06. The maximum absolute atomic E-state index is 5.60. The predicted octanol–water partition coefficient (Wildman–Crippen LogP) is 1.56. The summed E-state index contributed by atoms with van der Waals surface area (Å²) >= 11 is 0. The Balaban J connectivity index is 1.81. The number of nitrogens with one attached hydrogen (secondary N) is 1. The van der Waals surface area contributed by atoms with Crippen LogP contribution in [0.4, 0.5) is 0 Å². The van der Waals surface area contributed by atoms with E-state index in [1.807, 2.05) is 0 Å². The minimum atomic E-state index is 0.455. The molecule has 0 saturated carbocycles. The summed E-state index contributed by atoms with van der Waals surface area (Å²) in [6.45, 7) is 12.8. The number of ether oxygens (including phenoxy) is 1. The molecule has 3 nitrogen and oxygen atoms in total. The summed E-state index contributed by atoms with van der Waals surface area (Å²) in [6, 6.07) is 0.483. The molecule has 86 valence electrons. The molecule has 0 aliphatic carbocycles. The number of hydrogen-bond donors (Lipinski definition) is 1. The monoisotopic (exact) mass is 210 g/mol. The van der Waals surface area contributed by atoms with Crippen molar-refractivity contribution in [1.82, 2.24) is 10.2 Å². The van der Waals surface area contributed by atoms with Gasteiger partial charge in [-0.1, -0.05) is 20.4 Å². The SMILES string of the molecule is C=C(N[C@H](C)C(C)C)N1CC2CC(C1)O2. The Kier molecular flexibility index (Phi) is 2.91. The largest absolute Gasteiger partial charge is 0.371 e. The molecule has 2 unspecified atom stereocenters. The summed E-state index contributed by atoms with van der Waals surface area (Å²) in [6.07, 6.45) is 2.15. The first kappa shape index (κ1) is 10.8. The standard InChI is InChI=1S/C12H22N2O/c1-8(2)9(3)13-10(4)14-6-11-5-12(7-14)15-11/h8-9,11-13H,4-7H2,1-3H3/t9-,11?,12?/m1/s1. The van der Waals surface area contributed by atoms with E-state index in [2.05, 4.69) is 37.6 Å². The molecule has 3 saturated heterocycles. The van der Waals surface area contributed by atoms with Crippen LogP contribution in [0.2, 0.25) is 0 Å². The van der Waals surface area contributed by atoms with E-state index in [9.17, 15) is 0 Å². The van der Waals surface area contributed by atoms with Crippen molar-refractivity contribution >= 4 is 0 Å². The lowest BCUT2D eigenvalue weighted by atomic mass is 9.99. The Morgan fingerprint density at radius 1 is 1.33 bits per heavy atom. The number of hydrogen-bond acceptors (Lipinski definition) is 3. The van der Waals surface area contributed by atoms with Crippen LogP contribution in [0.25, 0.3) is 0 Å². The molecule has 2 bridgehead atoms. The quantitative estimate of drug-likeness (QED) is 0.762. The zero-order valence-corrected chi connectivity index (χ0v) is 9.99. The average Bonchev–Trinajstić information content (AvgIpc) is 2.16. The van der Waals surface area contributed by atoms with Crippen molar-refractivity contribution in [1.29, 1.82) is 0 Å². The van der Waals surface area contributed by atoms with Gasteiger partial charge in [-0.05, 0) is 12.8 Å². The van der Waals surface area contributed by atoms with Crippen molar-refractivity contribution in [2.24, 2.45) is 5.92 Å². The average molecular weight is 210 g/mol. The lowest BCUT2D eigenvalue weighted by Gasteiger charge is -2.48. The lowest BCUT2D eigenvalue weighted by Crippen LogP contribution is -2.58. The Morgan fingerprint density at radius 2 is 1.87 bits per heavy atom. The summed E-state index contributed by atoms with van der Waals surface area (Å²) < 4.78 is 5.60. The minimum absolute atomic E-state index is 0.455. The molecular weight excluding hydrogens is 188 g/mol. The molecule has 3 heterocycles. The number of morpholine rings is 1. The van der Waals surface area contributed by atoms with Crippen LogP contribution in [0.1, 0.15) is 27.2 Å². The second kappa shape index (κ2) is 4.05. The molecule has 3 atom stereocenters. The van der Waals surface area contributed by atoms with Gasteiger partial charge in [0.05, 0.1) is 18.0 Å². The number of piperidine rings is 1. The highest BCUT2D eigenvalue weighted by molar-refractivity contribution is 5.01. The third kappa shape index (κ3) is 2.28. The van der Waals surface area contributed by atoms with E-state index in [-0.39, 0.29) is 0 Å². The van der Waals surface area contributed by atoms with Gasteiger partial charge in [0.1, 0.15) is 0 Å². The summed E-state index contributed by atoms with van der Waals surface area (Å²) in [5.41, 5.74) is 0. The third-order valence-electron chi connectivity index (χ3n) is 3.53. The fourth-order valence-electron chi connectivity index (χ4n) is 2.10. The highest BCUT2D eigenvalue weighted by Gasteiger charge is 2.38. The summed E-state index contributed by atoms with van der Waals surface area (Å²) in [5.74, 6) is 1.70. The van der Waals surface area contributed by atoms with Crippen molar-refractivity contribution < 1.29 is 4.74 Å². The van der Waals surface area contributed by atoms with Crippen molar-refractivity contribution in [2.45, 2.75) is 45.4 Å². The molecule has 0 spiro atoms. The molecule has 15 heavy (non-hydrogen) atoms. The Hall–Kier alpha value is -0.700. The third-order valence-corrected chi connectivity index (χ3v) is 3.53. The lowest BCUT2D eigenvalue weighted by molar-refractivity contribution is -0.175. The fraction of sp³-hybridized carbons (Fsp3) is 0.833. The highest BCUT2D eigenvalue weighted by atomic mass is 16.5. The molecule has 0 amide bonds. The first-order valence-corrected chi connectivity index (χ1v) is 5.92. The van der Waals surface area contributed by atoms with Gasteiger partial charge >= 0.3 is 0 Å². The van der Waals surface area contributed by atoms with Crippen LogP contribution in [0, 0.1) is 5.92 Å². The molecule has 0 aromatic carbocycles. The molecule has 3 heteroatoms. The van der Waals surface area contributed by atoms with Gasteiger partial charge in [0.25, 0.3) is 0 Å². The van der Waals surface area contributed by atoms with Crippen LogP contribution in [0.3, 0.4) is 0 Å². The van der Waals surface area contributed by atoms with Crippen LogP contribution in [0.15, 0.2) is 12.4 Å². The van der Waals surface area contributed by atoms with E-state index >= 15 is 0 Å². The topological polar surface area (TPSA) is 24.5 Å². The summed E-state index contributed by atoms with van der Waals surface area (Å²) in [5, 5.41) is 3.47. The van der Waals surface area contributed by atoms with Gasteiger partial charge in [0, 0.05) is 25.6 Å². The number of fused-ring (bicyclic) bond motifs is 2. The van der Waals surface area contributed by atoms with Gasteiger partial charge in [-0.2, -0.15) is 0 Å². The minimum Gasteiger partial charge on any atom is -0.371 e. The summed E-state index contributed by atoms with van der Waals surface area (Å²) in [4.78, 5) is 2.32. The van der Waals surface area contributed by atoms with E-state index in [1.54, 1.807) is 0 Å². The normalized spacial score (nSPS) is 31.1. The number of nitrogens with zero attached hydrogens (tertiary/aromatic N) is 1. The van der Waals surface area contributed by atoms with Crippen LogP contribution >= 0.6 is 0 Å². The predicted molar refractivity (Wildman–Crippen MR) is 61.4 cm³/mol. The molecule has 3 aliphatic rings. The molecule has 0 radical (unpaired) electrons. The molecule has 0 aromatic heterocycles. The second-order valence-electron chi connectivity index (χ2n) is 5.14. The Bertz CT molecular complexity index is 236. The van der Waals surface area contributed by atoms with Gasteiger partial charge in [-0.25, -0.2) is 0 Å². The first-order valence-electron chi connectivity index (χ1n) is 5.92. The molecule has 3 fully saturated rings. The van der Waals surface area contributed by atoms with E-state index < -0.39 is 0 Å². The summed E-state index contributed by atoms with van der Waals surface area (Å²) in [7, 11) is 0. The van der Waals surface area contributed by atoms with Crippen molar-refractivity contribution in [2.75, 3.05) is 13.1 Å². The van der Waals surface area contributed by atoms with Gasteiger partial charge in [0.15, 0.2) is 0 Å². The van der Waals surface area contributed by atoms with Crippen molar-refractivity contribution in [3.05, 3.63) is 12.4 Å². The zero-order valence-electron chi connectivity index (χ0n) is 9.99. The zero-order chi connectivity index (χ0) is 11.0. The number of rotatable bonds is 4. The fourth-order valence-corrected chi connectivity index (χ4v) is 2.10. The smallest absolute Gasteiger partial charge is 0.0942 e. The molecule has 3 rings (SSSR count). The molecule has 1 N–H and O–H groups in total. The highest BCUT2D eigenvalue weighted by Crippen LogP contribution is 2.29. The van der Waals surface area contributed by atoms with Crippen molar-refractivity contribution in [3.63, 3.8) is 0 Å². The van der Waals surface area contributed by atoms with Gasteiger partial charge in [0.2, 0.25) is 0 Å². The maximum atomic E-state index is 5.60. The van der Waals surface area contributed by atoms with Crippen LogP contribution in [-0.2, 0) is 4.74 Å². The van der Waals surface area contributed by atoms with Gasteiger partial charge in [-0.15, -0.1) is 0 Å². The Labute approximate surface area is 92.5 Å². The van der Waals surface area contributed by atoms with Crippen molar-refractivity contribution in [3.8, 4) is 0 Å². The van der Waals surface area contributed by atoms with Crippen LogP contribution < -0.4 is 5.32 Å². The van der Waals surface area contributed by atoms with Crippen LogP contribution in [-0.4, -0.2) is 36.2 Å².